The number of aromatic nitrogens is 2. The van der Waals surface area contributed by atoms with E-state index < -0.39 is 58.7 Å². The molecular formula is C36H57N5O10. The van der Waals surface area contributed by atoms with Gasteiger partial charge in [0, 0.05) is 38.8 Å². The molecule has 0 saturated carbocycles. The van der Waals surface area contributed by atoms with Crippen molar-refractivity contribution in [3.8, 4) is 17.0 Å². The third-order valence-corrected chi connectivity index (χ3v) is 6.34. The standard InChI is InChI=1S/C36H57N5O10/c1-33(2,3)48-28(43)27(42)22-47-25-16-14-24(15-17-25)26-21-41(29(40(26)13)39-32(46)51-36(10,11)12)20-23(18-37-30(44)49-34(4,5)6)19-38-31(45)50-35(7,8)9/h14-17,21,23,27,42H,18-20,22H2,1-13H3,(H,37,44)(H,38,45)/b39-29-. The van der Waals surface area contributed by atoms with Crippen molar-refractivity contribution in [2.75, 3.05) is 19.7 Å². The number of carbonyl (C=O) groups is 4. The van der Waals surface area contributed by atoms with Crippen LogP contribution in [0.15, 0.2) is 35.5 Å². The Balaban J connectivity index is 2.45. The molecule has 0 aliphatic rings. The van der Waals surface area contributed by atoms with Crippen LogP contribution in [-0.4, -0.2) is 86.7 Å². The number of nitrogens with one attached hydrogen (secondary N) is 2. The van der Waals surface area contributed by atoms with E-state index in [1.54, 1.807) is 130 Å². The minimum absolute atomic E-state index is 0.106. The molecule has 3 N–H and O–H groups in total. The van der Waals surface area contributed by atoms with E-state index in [-0.39, 0.29) is 31.9 Å². The van der Waals surface area contributed by atoms with E-state index in [1.165, 1.54) is 0 Å². The van der Waals surface area contributed by atoms with Gasteiger partial charge in [-0.2, -0.15) is 0 Å². The number of amides is 3. The summed E-state index contributed by atoms with van der Waals surface area (Å²) >= 11 is 0. The molecule has 1 atom stereocenters. The minimum Gasteiger partial charge on any atom is -0.490 e. The van der Waals surface area contributed by atoms with Gasteiger partial charge in [-0.25, -0.2) is 19.2 Å². The summed E-state index contributed by atoms with van der Waals surface area (Å²) in [5.41, 5.74) is -1.32. The monoisotopic (exact) mass is 719 g/mol. The number of carbonyl (C=O) groups excluding carboxylic acids is 4. The van der Waals surface area contributed by atoms with Gasteiger partial charge in [-0.1, -0.05) is 0 Å². The van der Waals surface area contributed by atoms with Gasteiger partial charge in [0.1, 0.15) is 34.8 Å². The van der Waals surface area contributed by atoms with E-state index in [1.807, 2.05) is 0 Å². The molecule has 1 heterocycles. The van der Waals surface area contributed by atoms with Crippen LogP contribution in [0.5, 0.6) is 5.75 Å². The molecule has 0 aliphatic heterocycles. The number of ether oxygens (including phenoxy) is 5. The third kappa shape index (κ3) is 16.4. The Morgan fingerprint density at radius 1 is 0.745 bits per heavy atom. The zero-order chi connectivity index (χ0) is 38.9. The molecule has 1 aromatic heterocycles. The highest BCUT2D eigenvalue weighted by Gasteiger charge is 2.25. The maximum atomic E-state index is 12.9. The highest BCUT2D eigenvalue weighted by Crippen LogP contribution is 2.22. The van der Waals surface area contributed by atoms with Gasteiger partial charge in [0.15, 0.2) is 6.10 Å². The van der Waals surface area contributed by atoms with Gasteiger partial charge >= 0.3 is 24.2 Å². The van der Waals surface area contributed by atoms with Crippen molar-refractivity contribution >= 4 is 24.2 Å². The predicted octanol–water partition coefficient (Wildman–Crippen LogP) is 5.08. The molecule has 0 saturated heterocycles. The van der Waals surface area contributed by atoms with Gasteiger partial charge in [0.25, 0.3) is 0 Å². The summed E-state index contributed by atoms with van der Waals surface area (Å²) in [7, 11) is 1.74. The molecule has 1 aromatic carbocycles. The molecule has 51 heavy (non-hydrogen) atoms. The second-order valence-corrected chi connectivity index (χ2v) is 16.1. The van der Waals surface area contributed by atoms with Gasteiger partial charge in [-0.3, -0.25) is 0 Å². The van der Waals surface area contributed by atoms with Crippen molar-refractivity contribution in [2.24, 2.45) is 18.0 Å². The first-order valence-electron chi connectivity index (χ1n) is 16.8. The Kier molecular flexibility index (Phi) is 14.3. The molecule has 286 valence electrons. The smallest absolute Gasteiger partial charge is 0.437 e. The lowest BCUT2D eigenvalue weighted by Gasteiger charge is -2.24. The summed E-state index contributed by atoms with van der Waals surface area (Å²) in [6.45, 7) is 21.0. The van der Waals surface area contributed by atoms with E-state index in [0.717, 1.165) is 5.56 Å². The molecule has 2 rings (SSSR count). The molecule has 0 bridgehead atoms. The van der Waals surface area contributed by atoms with Crippen LogP contribution in [0.2, 0.25) is 0 Å². The molecule has 15 nitrogen and oxygen atoms in total. The number of hydrogen-bond donors (Lipinski definition) is 3. The van der Waals surface area contributed by atoms with E-state index >= 15 is 0 Å². The van der Waals surface area contributed by atoms with Crippen LogP contribution in [0.25, 0.3) is 11.3 Å². The molecule has 1 unspecified atom stereocenters. The summed E-state index contributed by atoms with van der Waals surface area (Å²) in [4.78, 5) is 54.4. The number of esters is 1. The van der Waals surface area contributed by atoms with E-state index in [4.69, 9.17) is 23.7 Å². The normalized spacial score (nSPS) is 13.4. The maximum absolute atomic E-state index is 12.9. The predicted molar refractivity (Wildman–Crippen MR) is 190 cm³/mol. The number of rotatable bonds is 11. The molecule has 3 amide bonds. The molecule has 0 aliphatic carbocycles. The van der Waals surface area contributed by atoms with Crippen LogP contribution < -0.4 is 21.0 Å². The Hall–Kier alpha value is -4.53. The van der Waals surface area contributed by atoms with Gasteiger partial charge < -0.3 is 48.6 Å². The Morgan fingerprint density at radius 2 is 1.22 bits per heavy atom. The first kappa shape index (κ1) is 42.6. The first-order chi connectivity index (χ1) is 23.2. The molecule has 0 fully saturated rings. The number of imidazole rings is 1. The summed E-state index contributed by atoms with van der Waals surface area (Å²) in [6, 6.07) is 6.91. The lowest BCUT2D eigenvalue weighted by molar-refractivity contribution is -0.166. The highest BCUT2D eigenvalue weighted by atomic mass is 16.6. The largest absolute Gasteiger partial charge is 0.490 e. The van der Waals surface area contributed by atoms with Gasteiger partial charge in [0.2, 0.25) is 5.62 Å². The van der Waals surface area contributed by atoms with Gasteiger partial charge in [-0.15, -0.1) is 4.99 Å². The van der Waals surface area contributed by atoms with Crippen molar-refractivity contribution in [1.29, 1.82) is 0 Å². The van der Waals surface area contributed by atoms with Crippen molar-refractivity contribution in [3.05, 3.63) is 36.1 Å². The number of alkyl carbamates (subject to hydrolysis) is 2. The SMILES string of the molecule is Cn1c(-c2ccc(OCC(O)C(=O)OC(C)(C)C)cc2)cn(CC(CNC(=O)OC(C)(C)C)CNC(=O)OC(C)(C)C)/c1=N\C(=O)OC(C)(C)C. The fraction of sp³-hybridized carbons (Fsp3) is 0.639. The van der Waals surface area contributed by atoms with Crippen molar-refractivity contribution < 1.29 is 48.0 Å². The van der Waals surface area contributed by atoms with Crippen molar-refractivity contribution in [3.63, 3.8) is 0 Å². The lowest BCUT2D eigenvalue weighted by atomic mass is 10.1. The summed E-state index contributed by atoms with van der Waals surface area (Å²) in [5.74, 6) is -0.789. The van der Waals surface area contributed by atoms with Crippen LogP contribution in [0.1, 0.15) is 83.1 Å². The maximum Gasteiger partial charge on any atom is 0.437 e. The Bertz CT molecular complexity index is 1530. The average molecular weight is 720 g/mol. The van der Waals surface area contributed by atoms with Crippen LogP contribution in [-0.2, 0) is 37.3 Å². The number of hydrogen-bond acceptors (Lipinski definition) is 10. The van der Waals surface area contributed by atoms with Crippen molar-refractivity contribution in [2.45, 2.75) is 118 Å². The van der Waals surface area contributed by atoms with Crippen LogP contribution >= 0.6 is 0 Å². The fourth-order valence-corrected chi connectivity index (χ4v) is 4.40. The Morgan fingerprint density at radius 3 is 1.67 bits per heavy atom. The van der Waals surface area contributed by atoms with Gasteiger partial charge in [-0.05, 0) is 113 Å². The second-order valence-electron chi connectivity index (χ2n) is 16.1. The van der Waals surface area contributed by atoms with Crippen LogP contribution in [0.4, 0.5) is 14.4 Å². The zero-order valence-electron chi connectivity index (χ0n) is 32.3. The molecule has 0 spiro atoms. The molecule has 0 radical (unpaired) electrons. The average Bonchev–Trinajstić information content (AvgIpc) is 3.23. The lowest BCUT2D eigenvalue weighted by Crippen LogP contribution is -2.42. The van der Waals surface area contributed by atoms with Gasteiger partial charge in [0.05, 0.1) is 5.69 Å². The highest BCUT2D eigenvalue weighted by molar-refractivity contribution is 5.75. The number of nitrogens with zero attached hydrogens (tertiary/aromatic N) is 3. The quantitative estimate of drug-likeness (QED) is 0.209. The molecule has 2 aromatic rings. The first-order valence-corrected chi connectivity index (χ1v) is 16.8. The van der Waals surface area contributed by atoms with Crippen molar-refractivity contribution in [1.82, 2.24) is 19.8 Å². The van der Waals surface area contributed by atoms with E-state index in [0.29, 0.717) is 11.4 Å². The summed E-state index contributed by atoms with van der Waals surface area (Å²) in [6.07, 6.45) is -1.72. The molecular weight excluding hydrogens is 662 g/mol. The summed E-state index contributed by atoms with van der Waals surface area (Å²) in [5, 5.41) is 15.7. The zero-order valence-corrected chi connectivity index (χ0v) is 32.3. The summed E-state index contributed by atoms with van der Waals surface area (Å²) < 4.78 is 30.6. The van der Waals surface area contributed by atoms with Crippen LogP contribution in [0.3, 0.4) is 0 Å². The number of aliphatic hydroxyl groups is 1. The Labute approximate surface area is 300 Å². The minimum atomic E-state index is -1.46. The van der Waals surface area contributed by atoms with Crippen LogP contribution in [0, 0.1) is 5.92 Å². The van der Waals surface area contributed by atoms with E-state index in [9.17, 15) is 24.3 Å². The topological polar surface area (TPSA) is 181 Å². The molecule has 15 heteroatoms. The number of benzene rings is 1. The third-order valence-electron chi connectivity index (χ3n) is 6.34. The van der Waals surface area contributed by atoms with E-state index in [2.05, 4.69) is 15.6 Å². The second kappa shape index (κ2) is 17.1. The number of aliphatic hydroxyl groups excluding tert-OH is 1. The fourth-order valence-electron chi connectivity index (χ4n) is 4.40.